The van der Waals surface area contributed by atoms with E-state index < -0.39 is 0 Å². The number of aromatic nitrogens is 1. The first-order valence-electron chi connectivity index (χ1n) is 13.0. The minimum Gasteiger partial charge on any atom is -0.299 e. The van der Waals surface area contributed by atoms with Crippen LogP contribution in [0.25, 0.3) is 5.57 Å². The van der Waals surface area contributed by atoms with E-state index in [9.17, 15) is 14.0 Å². The van der Waals surface area contributed by atoms with Crippen molar-refractivity contribution >= 4 is 17.1 Å². The summed E-state index contributed by atoms with van der Waals surface area (Å²) in [5.74, 6) is 0.755. The molecule has 4 heteroatoms. The van der Waals surface area contributed by atoms with E-state index in [2.05, 4.69) is 18.5 Å². The predicted octanol–water partition coefficient (Wildman–Crippen LogP) is 9.25. The number of benzene rings is 1. The molecule has 1 heterocycles. The average molecular weight is 498 g/mol. The van der Waals surface area contributed by atoms with Gasteiger partial charge in [0.1, 0.15) is 11.6 Å². The molecule has 1 fully saturated rings. The first-order valence-corrected chi connectivity index (χ1v) is 13.0. The van der Waals surface area contributed by atoms with Crippen LogP contribution in [-0.2, 0) is 17.6 Å². The molecule has 3 rings (SSSR count). The van der Waals surface area contributed by atoms with Crippen molar-refractivity contribution in [2.24, 2.45) is 5.92 Å². The lowest BCUT2D eigenvalue weighted by Gasteiger charge is -2.23. The van der Waals surface area contributed by atoms with Crippen LogP contribution < -0.4 is 0 Å². The van der Waals surface area contributed by atoms with Gasteiger partial charge in [0, 0.05) is 19.3 Å². The zero-order valence-electron chi connectivity index (χ0n) is 22.2. The Kier molecular flexibility index (Phi) is 16.9. The molecule has 2 aromatic rings. The number of ketones is 2. The van der Waals surface area contributed by atoms with Crippen molar-refractivity contribution in [1.82, 2.24) is 4.98 Å². The topological polar surface area (TPSA) is 47.0 Å². The van der Waals surface area contributed by atoms with Crippen LogP contribution in [0.15, 0.2) is 55.1 Å². The first kappa shape index (κ1) is 33.1. The number of pyridine rings is 1. The molecule has 1 aromatic carbocycles. The monoisotopic (exact) mass is 497 g/mol. The van der Waals surface area contributed by atoms with Gasteiger partial charge in [-0.3, -0.25) is 14.6 Å². The minimum absolute atomic E-state index is 0. The van der Waals surface area contributed by atoms with E-state index in [0.29, 0.717) is 23.7 Å². The van der Waals surface area contributed by atoms with Crippen LogP contribution in [0.2, 0.25) is 0 Å². The number of hydrogen-bond donors (Lipinski definition) is 0. The zero-order valence-corrected chi connectivity index (χ0v) is 22.2. The molecule has 1 aliphatic carbocycles. The van der Waals surface area contributed by atoms with E-state index in [0.717, 1.165) is 48.2 Å². The molecule has 0 spiro atoms. The maximum absolute atomic E-state index is 13.2. The lowest BCUT2D eigenvalue weighted by Crippen LogP contribution is -2.21. The predicted molar refractivity (Wildman–Crippen MR) is 154 cm³/mol. The standard InChI is InChI=1S/C21H22FNO.C8H14O.C2H6.CH4.H2/c1-4-17(5-2)20-13-12-19(15(3)24)21(23-20)11-7-9-16-8-6-10-18(22)14-16;1-2-4-8(9)7-5-3-6-7;1-2;;/h4-6,8,10,12-14H,1,7,9,11H2,2-3H3;7H,2-6H2,1H3;1-2H3;1H4;1H/b17-5+;;;;. The maximum Gasteiger partial charge on any atom is 0.161 e. The highest BCUT2D eigenvalue weighted by molar-refractivity contribution is 5.95. The third-order valence-corrected chi connectivity index (χ3v) is 6.01. The molecule has 36 heavy (non-hydrogen) atoms. The van der Waals surface area contributed by atoms with Crippen LogP contribution in [-0.4, -0.2) is 16.6 Å². The van der Waals surface area contributed by atoms with Crippen LogP contribution >= 0.6 is 0 Å². The smallest absolute Gasteiger partial charge is 0.161 e. The third kappa shape index (κ3) is 10.8. The van der Waals surface area contributed by atoms with Gasteiger partial charge in [0.15, 0.2) is 5.78 Å². The summed E-state index contributed by atoms with van der Waals surface area (Å²) in [6.45, 7) is 13.3. The first-order chi connectivity index (χ1) is 16.9. The van der Waals surface area contributed by atoms with Crippen molar-refractivity contribution < 1.29 is 15.4 Å². The molecule has 0 atom stereocenters. The van der Waals surface area contributed by atoms with Crippen molar-refractivity contribution in [3.63, 3.8) is 0 Å². The summed E-state index contributed by atoms with van der Waals surface area (Å²) in [6, 6.07) is 10.3. The molecule has 200 valence electrons. The van der Waals surface area contributed by atoms with Gasteiger partial charge in [-0.25, -0.2) is 4.39 Å². The fourth-order valence-electron chi connectivity index (χ4n) is 3.88. The van der Waals surface area contributed by atoms with Crippen LogP contribution in [0.3, 0.4) is 0 Å². The lowest BCUT2D eigenvalue weighted by atomic mass is 9.81. The molecule has 3 nitrogen and oxygen atoms in total. The number of halogens is 1. The number of nitrogens with zero attached hydrogens (tertiary/aromatic N) is 1. The third-order valence-electron chi connectivity index (χ3n) is 6.01. The van der Waals surface area contributed by atoms with Crippen molar-refractivity contribution in [1.29, 1.82) is 0 Å². The highest BCUT2D eigenvalue weighted by atomic mass is 19.1. The van der Waals surface area contributed by atoms with Gasteiger partial charge in [-0.15, -0.1) is 0 Å². The number of rotatable bonds is 10. The van der Waals surface area contributed by atoms with E-state index in [1.54, 1.807) is 25.1 Å². The highest BCUT2D eigenvalue weighted by Crippen LogP contribution is 2.28. The number of hydrogen-bond acceptors (Lipinski definition) is 3. The van der Waals surface area contributed by atoms with Gasteiger partial charge in [0.05, 0.1) is 11.4 Å². The molecule has 0 unspecified atom stereocenters. The largest absolute Gasteiger partial charge is 0.299 e. The Morgan fingerprint density at radius 2 is 1.86 bits per heavy atom. The van der Waals surface area contributed by atoms with Gasteiger partial charge < -0.3 is 0 Å². The Hall–Kier alpha value is -2.88. The van der Waals surface area contributed by atoms with Crippen LogP contribution in [0.4, 0.5) is 4.39 Å². The van der Waals surface area contributed by atoms with Gasteiger partial charge >= 0.3 is 0 Å². The molecule has 1 aromatic heterocycles. The van der Waals surface area contributed by atoms with Gasteiger partial charge in [-0.2, -0.15) is 0 Å². The Bertz CT molecular complexity index is 996. The summed E-state index contributed by atoms with van der Waals surface area (Å²) < 4.78 is 13.2. The molecule has 0 N–H and O–H groups in total. The summed E-state index contributed by atoms with van der Waals surface area (Å²) >= 11 is 0. The Balaban J connectivity index is 0. The van der Waals surface area contributed by atoms with Crippen molar-refractivity contribution in [3.05, 3.63) is 83.5 Å². The van der Waals surface area contributed by atoms with Gasteiger partial charge in [0.2, 0.25) is 0 Å². The molecule has 1 aliphatic rings. The molecule has 0 amide bonds. The number of carbonyl (C=O) groups is 2. The summed E-state index contributed by atoms with van der Waals surface area (Å²) in [5, 5.41) is 0. The SMILES string of the molecule is C.C=C/C(=C\C)c1ccc(C(C)=O)c(CCCc2cccc(F)c2)n1.CC.CCCC(=O)C1CCC1.[HH]. The van der Waals surface area contributed by atoms with Crippen LogP contribution in [0, 0.1) is 11.7 Å². The summed E-state index contributed by atoms with van der Waals surface area (Å²) in [6.07, 6.45) is 11.4. The summed E-state index contributed by atoms with van der Waals surface area (Å²) in [7, 11) is 0. The number of carbonyl (C=O) groups excluding carboxylic acids is 2. The minimum atomic E-state index is -0.222. The van der Waals surface area contributed by atoms with Crippen LogP contribution in [0.1, 0.15) is 109 Å². The Labute approximate surface area is 220 Å². The fraction of sp³-hybridized carbons (Fsp3) is 0.469. The molecule has 0 radical (unpaired) electrons. The Morgan fingerprint density at radius 3 is 2.36 bits per heavy atom. The van der Waals surface area contributed by atoms with E-state index >= 15 is 0 Å². The quantitative estimate of drug-likeness (QED) is 0.243. The second-order valence-corrected chi connectivity index (χ2v) is 8.52. The van der Waals surface area contributed by atoms with E-state index in [1.165, 1.54) is 25.3 Å². The van der Waals surface area contributed by atoms with E-state index in [4.69, 9.17) is 0 Å². The maximum atomic E-state index is 13.2. The lowest BCUT2D eigenvalue weighted by molar-refractivity contribution is -0.125. The average Bonchev–Trinajstić information content (AvgIpc) is 2.81. The number of allylic oxidation sites excluding steroid dienone is 3. The summed E-state index contributed by atoms with van der Waals surface area (Å²) in [4.78, 5) is 27.5. The van der Waals surface area contributed by atoms with Crippen molar-refractivity contribution in [3.8, 4) is 0 Å². The van der Waals surface area contributed by atoms with Crippen LogP contribution in [0.5, 0.6) is 0 Å². The molecular formula is C32H48FNO2. The van der Waals surface area contributed by atoms with Crippen molar-refractivity contribution in [2.75, 3.05) is 0 Å². The fourth-order valence-corrected chi connectivity index (χ4v) is 3.88. The molecular weight excluding hydrogens is 449 g/mol. The van der Waals surface area contributed by atoms with E-state index in [-0.39, 0.29) is 20.5 Å². The molecule has 0 bridgehead atoms. The van der Waals surface area contributed by atoms with E-state index in [1.807, 2.05) is 45.0 Å². The Morgan fingerprint density at radius 1 is 1.17 bits per heavy atom. The molecule has 1 saturated carbocycles. The number of aryl methyl sites for hydroxylation is 2. The highest BCUT2D eigenvalue weighted by Gasteiger charge is 2.23. The normalized spacial score (nSPS) is 12.6. The number of Topliss-reactive ketones (excluding diaryl/α,β-unsaturated/α-hetero) is 2. The molecule has 0 saturated heterocycles. The zero-order chi connectivity index (χ0) is 26.2. The van der Waals surface area contributed by atoms with Gasteiger partial charge in [0.25, 0.3) is 0 Å². The van der Waals surface area contributed by atoms with Gasteiger partial charge in [-0.1, -0.05) is 65.5 Å². The molecule has 0 aliphatic heterocycles. The second-order valence-electron chi connectivity index (χ2n) is 8.52. The van der Waals surface area contributed by atoms with Crippen molar-refractivity contribution in [2.45, 2.75) is 93.4 Å². The van der Waals surface area contributed by atoms with Gasteiger partial charge in [-0.05, 0) is 87.8 Å². The second kappa shape index (κ2) is 18.4. The summed E-state index contributed by atoms with van der Waals surface area (Å²) in [5.41, 5.74) is 4.15.